The Morgan fingerprint density at radius 3 is 3.06 bits per heavy atom. The molecule has 1 aromatic carbocycles. The van der Waals surface area contributed by atoms with E-state index in [-0.39, 0.29) is 11.7 Å². The fraction of sp³-hybridized carbons (Fsp3) is 0.333. The first-order valence-corrected chi connectivity index (χ1v) is 5.62. The first-order valence-electron chi connectivity index (χ1n) is 5.24. The lowest BCUT2D eigenvalue weighted by Crippen LogP contribution is -2.13. The minimum absolute atomic E-state index is 0.346. The summed E-state index contributed by atoms with van der Waals surface area (Å²) in [5.74, 6) is -0.714. The Bertz CT molecular complexity index is 431. The minimum atomic E-state index is -0.368. The van der Waals surface area contributed by atoms with Crippen molar-refractivity contribution in [3.05, 3.63) is 28.8 Å². The molecule has 0 saturated carbocycles. The van der Waals surface area contributed by atoms with Crippen LogP contribution in [0.5, 0.6) is 0 Å². The van der Waals surface area contributed by atoms with Gasteiger partial charge in [-0.1, -0.05) is 11.6 Å². The number of aldehydes is 1. The fourth-order valence-corrected chi connectivity index (χ4v) is 2.23. The van der Waals surface area contributed by atoms with Gasteiger partial charge in [-0.05, 0) is 36.6 Å². The fourth-order valence-electron chi connectivity index (χ4n) is 2.05. The third-order valence-corrected chi connectivity index (χ3v) is 3.07. The number of fused-ring (bicyclic) bond motifs is 1. The number of carbonyl (C=O) groups is 2. The number of carbonyl (C=O) groups excluding carboxylic acids is 2. The standard InChI is InChI=1S/C12H12ClNO2/c13-8-3-4-11-10(6-8)9(12(16)7-15)2-1-5-14-11/h3-4,6-7,9,14H,1-2,5H2. The SMILES string of the molecule is O=CC(=O)C1CCCNc2ccc(Cl)cc21. The van der Waals surface area contributed by atoms with Gasteiger partial charge in [-0.2, -0.15) is 0 Å². The summed E-state index contributed by atoms with van der Waals surface area (Å²) in [7, 11) is 0. The average Bonchev–Trinajstić information content (AvgIpc) is 2.50. The molecule has 0 amide bonds. The molecule has 1 aliphatic heterocycles. The molecular weight excluding hydrogens is 226 g/mol. The molecule has 0 saturated heterocycles. The van der Waals surface area contributed by atoms with Crippen LogP contribution in [0.1, 0.15) is 24.3 Å². The molecule has 0 spiro atoms. The Morgan fingerprint density at radius 2 is 2.31 bits per heavy atom. The van der Waals surface area contributed by atoms with Crippen molar-refractivity contribution < 1.29 is 9.59 Å². The Kier molecular flexibility index (Phi) is 3.25. The van der Waals surface area contributed by atoms with Crippen LogP contribution in [0.2, 0.25) is 5.02 Å². The highest BCUT2D eigenvalue weighted by atomic mass is 35.5. The molecule has 0 aromatic heterocycles. The maximum absolute atomic E-state index is 11.6. The van der Waals surface area contributed by atoms with E-state index < -0.39 is 0 Å². The molecule has 84 valence electrons. The van der Waals surface area contributed by atoms with E-state index in [1.807, 2.05) is 6.07 Å². The Morgan fingerprint density at radius 1 is 1.50 bits per heavy atom. The second kappa shape index (κ2) is 4.66. The third kappa shape index (κ3) is 2.09. The van der Waals surface area contributed by atoms with Gasteiger partial charge >= 0.3 is 0 Å². The molecule has 4 heteroatoms. The Balaban J connectivity index is 2.46. The summed E-state index contributed by atoms with van der Waals surface area (Å²) in [5, 5.41) is 3.82. The van der Waals surface area contributed by atoms with Crippen LogP contribution in [0.3, 0.4) is 0 Å². The zero-order chi connectivity index (χ0) is 11.5. The summed E-state index contributed by atoms with van der Waals surface area (Å²) in [4.78, 5) is 22.2. The average molecular weight is 238 g/mol. The number of Topliss-reactive ketones (excluding diaryl/α,β-unsaturated/α-hetero) is 1. The van der Waals surface area contributed by atoms with Gasteiger partial charge in [-0.25, -0.2) is 0 Å². The molecule has 1 N–H and O–H groups in total. The van der Waals surface area contributed by atoms with Gasteiger partial charge in [0.05, 0.1) is 5.92 Å². The summed E-state index contributed by atoms with van der Waals surface area (Å²) in [5.41, 5.74) is 1.74. The van der Waals surface area contributed by atoms with Crippen molar-refractivity contribution >= 4 is 29.4 Å². The number of halogens is 1. The highest BCUT2D eigenvalue weighted by Gasteiger charge is 2.24. The number of ketones is 1. The summed E-state index contributed by atoms with van der Waals surface area (Å²) in [6, 6.07) is 5.40. The molecule has 2 rings (SSSR count). The van der Waals surface area contributed by atoms with E-state index in [1.165, 1.54) is 0 Å². The monoisotopic (exact) mass is 237 g/mol. The van der Waals surface area contributed by atoms with Crippen LogP contribution in [0.4, 0.5) is 5.69 Å². The molecule has 0 radical (unpaired) electrons. The molecule has 0 bridgehead atoms. The van der Waals surface area contributed by atoms with Crippen LogP contribution in [0.15, 0.2) is 18.2 Å². The lowest BCUT2D eigenvalue weighted by atomic mass is 9.91. The van der Waals surface area contributed by atoms with Crippen molar-refractivity contribution in [2.75, 3.05) is 11.9 Å². The Labute approximate surface area is 98.8 Å². The van der Waals surface area contributed by atoms with Gasteiger partial charge in [0.2, 0.25) is 5.78 Å². The van der Waals surface area contributed by atoms with E-state index in [4.69, 9.17) is 11.6 Å². The summed E-state index contributed by atoms with van der Waals surface area (Å²) in [6.45, 7) is 0.817. The first-order chi connectivity index (χ1) is 7.72. The van der Waals surface area contributed by atoms with Crippen molar-refractivity contribution in [2.45, 2.75) is 18.8 Å². The minimum Gasteiger partial charge on any atom is -0.385 e. The molecule has 0 fully saturated rings. The lowest BCUT2D eigenvalue weighted by molar-refractivity contribution is -0.130. The molecule has 3 nitrogen and oxygen atoms in total. The normalized spacial score (nSPS) is 19.2. The predicted octanol–water partition coefficient (Wildman–Crippen LogP) is 2.40. The zero-order valence-electron chi connectivity index (χ0n) is 8.70. The van der Waals surface area contributed by atoms with Crippen molar-refractivity contribution in [2.24, 2.45) is 0 Å². The van der Waals surface area contributed by atoms with Crippen molar-refractivity contribution in [1.29, 1.82) is 0 Å². The highest BCUT2D eigenvalue weighted by Crippen LogP contribution is 2.33. The smallest absolute Gasteiger partial charge is 0.202 e. The Hall–Kier alpha value is -1.35. The topological polar surface area (TPSA) is 46.2 Å². The quantitative estimate of drug-likeness (QED) is 0.635. The number of hydrogen-bond acceptors (Lipinski definition) is 3. The largest absolute Gasteiger partial charge is 0.385 e. The molecule has 1 heterocycles. The predicted molar refractivity (Wildman–Crippen MR) is 63.0 cm³/mol. The molecule has 16 heavy (non-hydrogen) atoms. The molecular formula is C12H12ClNO2. The lowest BCUT2D eigenvalue weighted by Gasteiger charge is -2.13. The molecule has 1 unspecified atom stereocenters. The number of benzene rings is 1. The van der Waals surface area contributed by atoms with Crippen molar-refractivity contribution in [3.8, 4) is 0 Å². The van der Waals surface area contributed by atoms with Gasteiger partial charge in [-0.15, -0.1) is 0 Å². The molecule has 0 aliphatic carbocycles. The molecule has 1 atom stereocenters. The number of hydrogen-bond donors (Lipinski definition) is 1. The van der Waals surface area contributed by atoms with E-state index in [0.717, 1.165) is 24.2 Å². The van der Waals surface area contributed by atoms with Crippen LogP contribution in [0, 0.1) is 0 Å². The zero-order valence-corrected chi connectivity index (χ0v) is 9.46. The van der Waals surface area contributed by atoms with Gasteiger partial charge in [-0.3, -0.25) is 9.59 Å². The summed E-state index contributed by atoms with van der Waals surface area (Å²) < 4.78 is 0. The van der Waals surface area contributed by atoms with Crippen LogP contribution >= 0.6 is 11.6 Å². The first kappa shape index (κ1) is 11.1. The number of rotatable bonds is 2. The van der Waals surface area contributed by atoms with Crippen molar-refractivity contribution in [3.63, 3.8) is 0 Å². The van der Waals surface area contributed by atoms with Crippen LogP contribution in [0.25, 0.3) is 0 Å². The van der Waals surface area contributed by atoms with Crippen molar-refractivity contribution in [1.82, 2.24) is 0 Å². The van der Waals surface area contributed by atoms with Crippen LogP contribution in [-0.4, -0.2) is 18.6 Å². The summed E-state index contributed by atoms with van der Waals surface area (Å²) >= 11 is 5.92. The van der Waals surface area contributed by atoms with Gasteiger partial charge < -0.3 is 5.32 Å². The number of anilines is 1. The maximum atomic E-state index is 11.6. The third-order valence-electron chi connectivity index (χ3n) is 2.83. The van der Waals surface area contributed by atoms with E-state index in [0.29, 0.717) is 17.7 Å². The maximum Gasteiger partial charge on any atom is 0.202 e. The molecule has 1 aliphatic rings. The van der Waals surface area contributed by atoms with E-state index in [1.54, 1.807) is 12.1 Å². The van der Waals surface area contributed by atoms with E-state index >= 15 is 0 Å². The van der Waals surface area contributed by atoms with Crippen LogP contribution < -0.4 is 5.32 Å². The van der Waals surface area contributed by atoms with E-state index in [2.05, 4.69) is 5.32 Å². The van der Waals surface area contributed by atoms with Crippen LogP contribution in [-0.2, 0) is 9.59 Å². The van der Waals surface area contributed by atoms with E-state index in [9.17, 15) is 9.59 Å². The highest BCUT2D eigenvalue weighted by molar-refractivity contribution is 6.31. The van der Waals surface area contributed by atoms with Gasteiger partial charge in [0, 0.05) is 17.3 Å². The second-order valence-electron chi connectivity index (χ2n) is 3.87. The van der Waals surface area contributed by atoms with Gasteiger partial charge in [0.25, 0.3) is 0 Å². The molecule has 1 aromatic rings. The number of nitrogens with one attached hydrogen (secondary N) is 1. The summed E-state index contributed by atoms with van der Waals surface area (Å²) in [6.07, 6.45) is 1.97. The second-order valence-corrected chi connectivity index (χ2v) is 4.31. The van der Waals surface area contributed by atoms with Gasteiger partial charge in [0.15, 0.2) is 6.29 Å². The van der Waals surface area contributed by atoms with Gasteiger partial charge in [0.1, 0.15) is 0 Å².